The molecule has 1 fully saturated rings. The van der Waals surface area contributed by atoms with Gasteiger partial charge in [-0.25, -0.2) is 0 Å². The molecule has 1 aliphatic rings. The second-order valence-corrected chi connectivity index (χ2v) is 7.02. The van der Waals surface area contributed by atoms with Gasteiger partial charge in [-0.2, -0.15) is 0 Å². The second-order valence-electron chi connectivity index (χ2n) is 7.02. The highest BCUT2D eigenvalue weighted by Crippen LogP contribution is 2.27. The Labute approximate surface area is 123 Å². The van der Waals surface area contributed by atoms with Gasteiger partial charge in [0.15, 0.2) is 0 Å². The van der Waals surface area contributed by atoms with Crippen molar-refractivity contribution in [1.82, 2.24) is 10.2 Å². The molecule has 1 aliphatic heterocycles. The van der Waals surface area contributed by atoms with Crippen LogP contribution in [0.3, 0.4) is 0 Å². The van der Waals surface area contributed by atoms with Gasteiger partial charge in [0, 0.05) is 6.54 Å². The molecule has 1 unspecified atom stereocenters. The number of hydrogen-bond donors (Lipinski definition) is 1. The van der Waals surface area contributed by atoms with Crippen LogP contribution in [-0.2, 0) is 9.59 Å². The predicted molar refractivity (Wildman–Crippen MR) is 81.3 cm³/mol. The van der Waals surface area contributed by atoms with Crippen molar-refractivity contribution in [1.29, 1.82) is 0 Å². The van der Waals surface area contributed by atoms with Crippen LogP contribution >= 0.6 is 0 Å². The van der Waals surface area contributed by atoms with Crippen LogP contribution < -0.4 is 5.32 Å². The van der Waals surface area contributed by atoms with E-state index in [1.807, 2.05) is 13.8 Å². The maximum absolute atomic E-state index is 12.5. The van der Waals surface area contributed by atoms with E-state index in [0.717, 1.165) is 6.42 Å². The van der Waals surface area contributed by atoms with E-state index in [-0.39, 0.29) is 23.8 Å². The number of carbonyl (C=O) groups excluding carboxylic acids is 2. The lowest BCUT2D eigenvalue weighted by atomic mass is 9.85. The molecule has 1 rings (SSSR count). The van der Waals surface area contributed by atoms with E-state index in [1.165, 1.54) is 19.3 Å². The normalized spacial score (nSPS) is 23.9. The standard InChI is InChI=1S/C16H30N2O2/c1-6-8-9-10-15(3,4)12-18-11-13(19)17-16(5,7-2)14(18)20/h6-12H2,1-5H3,(H,17,19). The van der Waals surface area contributed by atoms with E-state index < -0.39 is 5.54 Å². The summed E-state index contributed by atoms with van der Waals surface area (Å²) in [5.74, 6) is 0.0153. The molecule has 4 nitrogen and oxygen atoms in total. The molecule has 1 heterocycles. The van der Waals surface area contributed by atoms with Crippen molar-refractivity contribution < 1.29 is 9.59 Å². The first-order chi connectivity index (χ1) is 9.24. The largest absolute Gasteiger partial charge is 0.340 e. The van der Waals surface area contributed by atoms with E-state index in [4.69, 9.17) is 0 Å². The first kappa shape index (κ1) is 17.0. The Hall–Kier alpha value is -1.06. The number of hydrogen-bond acceptors (Lipinski definition) is 2. The molecule has 1 atom stereocenters. The van der Waals surface area contributed by atoms with Gasteiger partial charge >= 0.3 is 0 Å². The zero-order valence-electron chi connectivity index (χ0n) is 13.7. The van der Waals surface area contributed by atoms with Crippen LogP contribution in [0.15, 0.2) is 0 Å². The molecule has 2 amide bonds. The van der Waals surface area contributed by atoms with Crippen molar-refractivity contribution in [2.75, 3.05) is 13.1 Å². The minimum Gasteiger partial charge on any atom is -0.340 e. The Morgan fingerprint density at radius 1 is 1.25 bits per heavy atom. The Balaban J connectivity index is 2.69. The van der Waals surface area contributed by atoms with Crippen LogP contribution in [0.25, 0.3) is 0 Å². The molecule has 0 saturated carbocycles. The molecule has 4 heteroatoms. The second kappa shape index (κ2) is 6.59. The van der Waals surface area contributed by atoms with Crippen LogP contribution in [0, 0.1) is 5.41 Å². The van der Waals surface area contributed by atoms with Crippen LogP contribution in [0.1, 0.15) is 66.7 Å². The Kier molecular flexibility index (Phi) is 5.60. The van der Waals surface area contributed by atoms with Crippen molar-refractivity contribution in [3.05, 3.63) is 0 Å². The van der Waals surface area contributed by atoms with Crippen LogP contribution in [0.4, 0.5) is 0 Å². The minimum absolute atomic E-state index is 0.0432. The number of nitrogens with zero attached hydrogens (tertiary/aromatic N) is 1. The minimum atomic E-state index is -0.727. The smallest absolute Gasteiger partial charge is 0.248 e. The monoisotopic (exact) mass is 282 g/mol. The molecular formula is C16H30N2O2. The average Bonchev–Trinajstić information content (AvgIpc) is 2.35. The van der Waals surface area contributed by atoms with Crippen LogP contribution in [0.5, 0.6) is 0 Å². The van der Waals surface area contributed by atoms with Crippen molar-refractivity contribution in [2.45, 2.75) is 72.3 Å². The molecule has 0 aromatic carbocycles. The summed E-state index contributed by atoms with van der Waals surface area (Å²) in [4.78, 5) is 26.1. The molecule has 20 heavy (non-hydrogen) atoms. The van der Waals surface area contributed by atoms with Crippen molar-refractivity contribution in [3.63, 3.8) is 0 Å². The van der Waals surface area contributed by atoms with E-state index in [0.29, 0.717) is 13.0 Å². The summed E-state index contributed by atoms with van der Waals surface area (Å²) in [5.41, 5.74) is -0.661. The summed E-state index contributed by atoms with van der Waals surface area (Å²) in [5, 5.41) is 2.83. The van der Waals surface area contributed by atoms with E-state index in [1.54, 1.807) is 4.90 Å². The van der Waals surface area contributed by atoms with Crippen LogP contribution in [-0.4, -0.2) is 35.3 Å². The number of piperazine rings is 1. The van der Waals surface area contributed by atoms with Gasteiger partial charge in [-0.3, -0.25) is 9.59 Å². The summed E-state index contributed by atoms with van der Waals surface area (Å²) < 4.78 is 0. The number of nitrogens with one attached hydrogen (secondary N) is 1. The fourth-order valence-electron chi connectivity index (χ4n) is 2.81. The zero-order valence-corrected chi connectivity index (χ0v) is 13.7. The molecular weight excluding hydrogens is 252 g/mol. The fraction of sp³-hybridized carbons (Fsp3) is 0.875. The predicted octanol–water partition coefficient (Wildman–Crippen LogP) is 2.72. The number of carbonyl (C=O) groups is 2. The lowest BCUT2D eigenvalue weighted by Gasteiger charge is -2.42. The molecule has 0 radical (unpaired) electrons. The summed E-state index contributed by atoms with van der Waals surface area (Å²) in [6.07, 6.45) is 5.34. The van der Waals surface area contributed by atoms with E-state index in [2.05, 4.69) is 26.1 Å². The molecule has 0 aromatic heterocycles. The Morgan fingerprint density at radius 2 is 1.90 bits per heavy atom. The van der Waals surface area contributed by atoms with Gasteiger partial charge in [0.1, 0.15) is 5.54 Å². The highest BCUT2D eigenvalue weighted by Gasteiger charge is 2.42. The third-order valence-corrected chi connectivity index (χ3v) is 4.29. The summed E-state index contributed by atoms with van der Waals surface area (Å²) in [6, 6.07) is 0. The highest BCUT2D eigenvalue weighted by atomic mass is 16.2. The van der Waals surface area contributed by atoms with Crippen molar-refractivity contribution in [2.24, 2.45) is 5.41 Å². The summed E-state index contributed by atoms with van der Waals surface area (Å²) >= 11 is 0. The zero-order chi connectivity index (χ0) is 15.4. The molecule has 0 spiro atoms. The summed E-state index contributed by atoms with van der Waals surface area (Å²) in [6.45, 7) is 11.2. The van der Waals surface area contributed by atoms with Gasteiger partial charge in [-0.15, -0.1) is 0 Å². The van der Waals surface area contributed by atoms with Gasteiger partial charge < -0.3 is 10.2 Å². The van der Waals surface area contributed by atoms with E-state index in [9.17, 15) is 9.59 Å². The quantitative estimate of drug-likeness (QED) is 0.730. The Morgan fingerprint density at radius 3 is 2.45 bits per heavy atom. The average molecular weight is 282 g/mol. The maximum atomic E-state index is 12.5. The first-order valence-corrected chi connectivity index (χ1v) is 7.84. The van der Waals surface area contributed by atoms with Gasteiger partial charge in [0.2, 0.25) is 11.8 Å². The van der Waals surface area contributed by atoms with Crippen molar-refractivity contribution >= 4 is 11.8 Å². The molecule has 0 bridgehead atoms. The topological polar surface area (TPSA) is 49.4 Å². The fourth-order valence-corrected chi connectivity index (χ4v) is 2.81. The highest BCUT2D eigenvalue weighted by molar-refractivity contribution is 5.97. The van der Waals surface area contributed by atoms with Crippen molar-refractivity contribution in [3.8, 4) is 0 Å². The molecule has 0 aromatic rings. The van der Waals surface area contributed by atoms with Gasteiger partial charge in [0.05, 0.1) is 6.54 Å². The van der Waals surface area contributed by atoms with Gasteiger partial charge in [-0.1, -0.05) is 47.0 Å². The summed E-state index contributed by atoms with van der Waals surface area (Å²) in [7, 11) is 0. The number of rotatable bonds is 7. The van der Waals surface area contributed by atoms with E-state index >= 15 is 0 Å². The maximum Gasteiger partial charge on any atom is 0.248 e. The van der Waals surface area contributed by atoms with Gasteiger partial charge in [0.25, 0.3) is 0 Å². The first-order valence-electron chi connectivity index (χ1n) is 7.84. The SMILES string of the molecule is CCCCCC(C)(C)CN1CC(=O)NC(C)(CC)C1=O. The molecule has 1 N–H and O–H groups in total. The lowest BCUT2D eigenvalue weighted by molar-refractivity contribution is -0.150. The number of unbranched alkanes of at least 4 members (excludes halogenated alkanes) is 2. The van der Waals surface area contributed by atoms with Gasteiger partial charge in [-0.05, 0) is 25.2 Å². The molecule has 0 aliphatic carbocycles. The van der Waals surface area contributed by atoms with Crippen LogP contribution in [0.2, 0.25) is 0 Å². The number of amides is 2. The third-order valence-electron chi connectivity index (χ3n) is 4.29. The lowest BCUT2D eigenvalue weighted by Crippen LogP contribution is -2.65. The molecule has 1 saturated heterocycles. The third kappa shape index (κ3) is 4.22. The molecule has 116 valence electrons. The Bertz CT molecular complexity index is 365.